The number of nitrogens with zero attached hydrogens (tertiary/aromatic N) is 1. The van der Waals surface area contributed by atoms with E-state index in [9.17, 15) is 5.11 Å². The maximum absolute atomic E-state index is 9.34. The average Bonchev–Trinajstić information content (AvgIpc) is 2.25. The van der Waals surface area contributed by atoms with Gasteiger partial charge in [0.05, 0.1) is 6.61 Å². The van der Waals surface area contributed by atoms with Crippen LogP contribution >= 0.6 is 0 Å². The van der Waals surface area contributed by atoms with Crippen LogP contribution in [0, 0.1) is 0 Å². The van der Waals surface area contributed by atoms with Gasteiger partial charge in [0, 0.05) is 11.6 Å². The molecule has 0 aromatic carbocycles. The third-order valence-corrected chi connectivity index (χ3v) is 3.31. The van der Waals surface area contributed by atoms with Crippen LogP contribution in [0.15, 0.2) is 0 Å². The zero-order valence-corrected chi connectivity index (χ0v) is 11.0. The first-order valence-electron chi connectivity index (χ1n) is 6.05. The van der Waals surface area contributed by atoms with Gasteiger partial charge >= 0.3 is 0 Å². The van der Waals surface area contributed by atoms with E-state index in [0.29, 0.717) is 6.04 Å². The number of aliphatic hydroxyl groups excluding tert-OH is 1. The normalized spacial score (nSPS) is 17.8. The summed E-state index contributed by atoms with van der Waals surface area (Å²) in [5, 5.41) is 12.7. The molecule has 0 aromatic rings. The molecule has 0 fully saturated rings. The Bertz CT molecular complexity index is 164. The predicted molar refractivity (Wildman–Crippen MR) is 66.2 cm³/mol. The lowest BCUT2D eigenvalue weighted by molar-refractivity contribution is 0.143. The van der Waals surface area contributed by atoms with Gasteiger partial charge in [0.15, 0.2) is 0 Å². The van der Waals surface area contributed by atoms with Gasteiger partial charge in [-0.2, -0.15) is 0 Å². The molecule has 2 N–H and O–H groups in total. The molecule has 0 spiro atoms. The summed E-state index contributed by atoms with van der Waals surface area (Å²) in [7, 11) is 2.15. The maximum atomic E-state index is 9.34. The quantitative estimate of drug-likeness (QED) is 0.645. The van der Waals surface area contributed by atoms with Crippen LogP contribution in [-0.2, 0) is 0 Å². The van der Waals surface area contributed by atoms with Gasteiger partial charge in [0.25, 0.3) is 0 Å². The molecule has 0 aliphatic carbocycles. The molecule has 3 heteroatoms. The SMILES string of the molecule is CCNC(C)(CO)CCN(C)C(C)CC. The molecule has 0 aliphatic rings. The van der Waals surface area contributed by atoms with Gasteiger partial charge in [0.2, 0.25) is 0 Å². The summed E-state index contributed by atoms with van der Waals surface area (Å²) in [6.45, 7) is 10.7. The largest absolute Gasteiger partial charge is 0.394 e. The van der Waals surface area contributed by atoms with E-state index in [0.717, 1.165) is 19.5 Å². The van der Waals surface area contributed by atoms with Crippen LogP contribution in [-0.4, -0.2) is 48.3 Å². The minimum atomic E-state index is -0.129. The maximum Gasteiger partial charge on any atom is 0.0611 e. The summed E-state index contributed by atoms with van der Waals surface area (Å²) < 4.78 is 0. The Labute approximate surface area is 94.9 Å². The van der Waals surface area contributed by atoms with Gasteiger partial charge in [-0.15, -0.1) is 0 Å². The van der Waals surface area contributed by atoms with E-state index >= 15 is 0 Å². The van der Waals surface area contributed by atoms with E-state index in [1.165, 1.54) is 6.42 Å². The fourth-order valence-electron chi connectivity index (χ4n) is 1.61. The van der Waals surface area contributed by atoms with Crippen LogP contribution in [0.1, 0.15) is 40.5 Å². The fourth-order valence-corrected chi connectivity index (χ4v) is 1.61. The summed E-state index contributed by atoms with van der Waals surface area (Å²) in [5.74, 6) is 0. The van der Waals surface area contributed by atoms with Crippen molar-refractivity contribution in [1.82, 2.24) is 10.2 Å². The van der Waals surface area contributed by atoms with E-state index in [-0.39, 0.29) is 12.1 Å². The Balaban J connectivity index is 3.99. The Morgan fingerprint density at radius 2 is 2.00 bits per heavy atom. The molecule has 0 saturated carbocycles. The van der Waals surface area contributed by atoms with Crippen molar-refractivity contribution in [3.05, 3.63) is 0 Å². The van der Waals surface area contributed by atoms with Crippen LogP contribution in [0.5, 0.6) is 0 Å². The van der Waals surface area contributed by atoms with Crippen molar-refractivity contribution < 1.29 is 5.11 Å². The molecule has 0 radical (unpaired) electrons. The Morgan fingerprint density at radius 3 is 2.40 bits per heavy atom. The first kappa shape index (κ1) is 14.9. The molecule has 2 unspecified atom stereocenters. The molecule has 15 heavy (non-hydrogen) atoms. The van der Waals surface area contributed by atoms with Crippen LogP contribution in [0.25, 0.3) is 0 Å². The third-order valence-electron chi connectivity index (χ3n) is 3.31. The topological polar surface area (TPSA) is 35.5 Å². The lowest BCUT2D eigenvalue weighted by atomic mass is 9.98. The van der Waals surface area contributed by atoms with Gasteiger partial charge in [-0.25, -0.2) is 0 Å². The lowest BCUT2D eigenvalue weighted by Gasteiger charge is -2.32. The number of hydrogen-bond donors (Lipinski definition) is 2. The summed E-state index contributed by atoms with van der Waals surface area (Å²) >= 11 is 0. The molecule has 92 valence electrons. The highest BCUT2D eigenvalue weighted by Crippen LogP contribution is 2.11. The van der Waals surface area contributed by atoms with Gasteiger partial charge in [-0.05, 0) is 46.8 Å². The van der Waals surface area contributed by atoms with E-state index in [4.69, 9.17) is 0 Å². The highest BCUT2D eigenvalue weighted by molar-refractivity contribution is 4.83. The molecular formula is C12H28N2O. The van der Waals surface area contributed by atoms with E-state index in [2.05, 4.69) is 45.0 Å². The molecule has 0 aliphatic heterocycles. The summed E-state index contributed by atoms with van der Waals surface area (Å²) in [6, 6.07) is 0.620. The zero-order valence-electron chi connectivity index (χ0n) is 11.0. The lowest BCUT2D eigenvalue weighted by Crippen LogP contribution is -2.48. The number of nitrogens with one attached hydrogen (secondary N) is 1. The summed E-state index contributed by atoms with van der Waals surface area (Å²) in [5.41, 5.74) is -0.129. The first-order valence-corrected chi connectivity index (χ1v) is 6.05. The van der Waals surface area contributed by atoms with Crippen LogP contribution < -0.4 is 5.32 Å². The number of likely N-dealkylation sites (N-methyl/N-ethyl adjacent to an activating group) is 1. The second-order valence-electron chi connectivity index (χ2n) is 4.74. The average molecular weight is 216 g/mol. The van der Waals surface area contributed by atoms with Gasteiger partial charge in [-0.3, -0.25) is 0 Å². The molecular weight excluding hydrogens is 188 g/mol. The van der Waals surface area contributed by atoms with Crippen molar-refractivity contribution in [2.45, 2.75) is 52.1 Å². The van der Waals surface area contributed by atoms with Crippen molar-refractivity contribution in [2.75, 3.05) is 26.7 Å². The second-order valence-corrected chi connectivity index (χ2v) is 4.74. The Morgan fingerprint density at radius 1 is 1.40 bits per heavy atom. The summed E-state index contributed by atoms with van der Waals surface area (Å²) in [4.78, 5) is 2.35. The molecule has 3 nitrogen and oxygen atoms in total. The molecule has 0 bridgehead atoms. The molecule has 0 rings (SSSR count). The molecule has 0 aromatic heterocycles. The molecule has 0 heterocycles. The second kappa shape index (κ2) is 7.20. The van der Waals surface area contributed by atoms with Crippen LogP contribution in [0.2, 0.25) is 0 Å². The van der Waals surface area contributed by atoms with Gasteiger partial charge < -0.3 is 15.3 Å². The molecule has 0 amide bonds. The predicted octanol–water partition coefficient (Wildman–Crippen LogP) is 1.47. The van der Waals surface area contributed by atoms with E-state index in [1.807, 2.05) is 0 Å². The Hall–Kier alpha value is -0.120. The van der Waals surface area contributed by atoms with Crippen molar-refractivity contribution in [3.63, 3.8) is 0 Å². The van der Waals surface area contributed by atoms with Gasteiger partial charge in [0.1, 0.15) is 0 Å². The fraction of sp³-hybridized carbons (Fsp3) is 1.00. The number of rotatable bonds is 8. The Kier molecular flexibility index (Phi) is 7.14. The highest BCUT2D eigenvalue weighted by Gasteiger charge is 2.22. The number of hydrogen-bond acceptors (Lipinski definition) is 3. The first-order chi connectivity index (χ1) is 6.99. The smallest absolute Gasteiger partial charge is 0.0611 e. The third kappa shape index (κ3) is 5.50. The van der Waals surface area contributed by atoms with Crippen molar-refractivity contribution in [1.29, 1.82) is 0 Å². The number of aliphatic hydroxyl groups is 1. The van der Waals surface area contributed by atoms with E-state index < -0.39 is 0 Å². The van der Waals surface area contributed by atoms with Crippen LogP contribution in [0.4, 0.5) is 0 Å². The highest BCUT2D eigenvalue weighted by atomic mass is 16.3. The van der Waals surface area contributed by atoms with Crippen molar-refractivity contribution in [2.24, 2.45) is 0 Å². The molecule has 0 saturated heterocycles. The van der Waals surface area contributed by atoms with Crippen LogP contribution in [0.3, 0.4) is 0 Å². The monoisotopic (exact) mass is 216 g/mol. The van der Waals surface area contributed by atoms with Crippen molar-refractivity contribution >= 4 is 0 Å². The minimum Gasteiger partial charge on any atom is -0.394 e. The minimum absolute atomic E-state index is 0.129. The van der Waals surface area contributed by atoms with E-state index in [1.54, 1.807) is 0 Å². The molecule has 2 atom stereocenters. The summed E-state index contributed by atoms with van der Waals surface area (Å²) in [6.07, 6.45) is 2.16. The van der Waals surface area contributed by atoms with Gasteiger partial charge in [-0.1, -0.05) is 13.8 Å². The standard InChI is InChI=1S/C12H28N2O/c1-6-11(3)14(5)9-8-12(4,10-15)13-7-2/h11,13,15H,6-10H2,1-5H3. The zero-order chi connectivity index (χ0) is 11.9. The van der Waals surface area contributed by atoms with Crippen molar-refractivity contribution in [3.8, 4) is 0 Å².